The quantitative estimate of drug-likeness (QED) is 0.775. The van der Waals surface area contributed by atoms with Crippen LogP contribution in [0, 0.1) is 0 Å². The number of benzene rings is 2. The molecule has 25 heavy (non-hydrogen) atoms. The molecule has 0 bridgehead atoms. The van der Waals surface area contributed by atoms with Crippen molar-refractivity contribution in [3.05, 3.63) is 54.1 Å². The lowest BCUT2D eigenvalue weighted by molar-refractivity contribution is -0.122. The third-order valence-corrected chi connectivity index (χ3v) is 4.40. The minimum absolute atomic E-state index is 0.0376. The van der Waals surface area contributed by atoms with Crippen LogP contribution in [0.2, 0.25) is 0 Å². The first-order valence-corrected chi connectivity index (χ1v) is 8.22. The molecule has 2 aromatic carbocycles. The van der Waals surface area contributed by atoms with Crippen LogP contribution in [0.3, 0.4) is 0 Å². The van der Waals surface area contributed by atoms with E-state index < -0.39 is 0 Å². The summed E-state index contributed by atoms with van der Waals surface area (Å²) in [5, 5.41) is 0. The Morgan fingerprint density at radius 2 is 1.68 bits per heavy atom. The highest BCUT2D eigenvalue weighted by Gasteiger charge is 2.23. The van der Waals surface area contributed by atoms with Gasteiger partial charge in [-0.05, 0) is 32.2 Å². The second kappa shape index (κ2) is 8.53. The number of para-hydroxylation sites is 2. The Morgan fingerprint density at radius 3 is 2.28 bits per heavy atom. The van der Waals surface area contributed by atoms with Gasteiger partial charge in [-0.1, -0.05) is 30.3 Å². The minimum Gasteiger partial charge on any atom is -0.493 e. The molecule has 0 aliphatic heterocycles. The number of carbonyl (C=O) groups excluding carboxylic acids is 1. The summed E-state index contributed by atoms with van der Waals surface area (Å²) in [5.41, 5.74) is 1.86. The molecule has 0 aliphatic rings. The maximum absolute atomic E-state index is 12.8. The van der Waals surface area contributed by atoms with E-state index in [1.165, 1.54) is 0 Å². The molecule has 0 fully saturated rings. The lowest BCUT2D eigenvalue weighted by Crippen LogP contribution is -2.44. The van der Waals surface area contributed by atoms with Gasteiger partial charge in [-0.15, -0.1) is 0 Å². The Bertz CT molecular complexity index is 703. The molecule has 5 heteroatoms. The monoisotopic (exact) mass is 342 g/mol. The van der Waals surface area contributed by atoms with Crippen molar-refractivity contribution in [2.75, 3.05) is 33.2 Å². The summed E-state index contributed by atoms with van der Waals surface area (Å²) in [6.07, 6.45) is 0. The lowest BCUT2D eigenvalue weighted by atomic mass is 10.1. The van der Waals surface area contributed by atoms with Crippen LogP contribution in [0.25, 0.3) is 0 Å². The van der Waals surface area contributed by atoms with Gasteiger partial charge < -0.3 is 14.4 Å². The molecule has 2 aromatic rings. The number of hydrogen-bond acceptors (Lipinski definition) is 4. The second-order valence-electron chi connectivity index (χ2n) is 5.98. The fourth-order valence-corrected chi connectivity index (χ4v) is 2.73. The summed E-state index contributed by atoms with van der Waals surface area (Å²) >= 11 is 0. The van der Waals surface area contributed by atoms with Gasteiger partial charge in [0.1, 0.15) is 0 Å². The highest BCUT2D eigenvalue weighted by molar-refractivity contribution is 5.96. The Morgan fingerprint density at radius 1 is 1.00 bits per heavy atom. The van der Waals surface area contributed by atoms with Crippen LogP contribution >= 0.6 is 0 Å². The van der Waals surface area contributed by atoms with Gasteiger partial charge >= 0.3 is 0 Å². The van der Waals surface area contributed by atoms with Crippen LogP contribution in [0.5, 0.6) is 11.5 Å². The number of likely N-dealkylation sites (N-methyl/N-ethyl adjacent to an activating group) is 2. The minimum atomic E-state index is -0.277. The van der Waals surface area contributed by atoms with Crippen molar-refractivity contribution in [2.24, 2.45) is 0 Å². The number of methoxy groups -OCH3 is 2. The molecule has 5 nitrogen and oxygen atoms in total. The summed E-state index contributed by atoms with van der Waals surface area (Å²) in [5.74, 6) is 1.43. The smallest absolute Gasteiger partial charge is 0.243 e. The zero-order valence-corrected chi connectivity index (χ0v) is 15.5. The summed E-state index contributed by atoms with van der Waals surface area (Å²) in [4.78, 5) is 16.5. The van der Waals surface area contributed by atoms with E-state index >= 15 is 0 Å². The maximum atomic E-state index is 12.8. The van der Waals surface area contributed by atoms with E-state index in [1.807, 2.05) is 67.4 Å². The van der Waals surface area contributed by atoms with Gasteiger partial charge in [0.25, 0.3) is 0 Å². The van der Waals surface area contributed by atoms with Crippen molar-refractivity contribution in [3.63, 3.8) is 0 Å². The molecule has 0 saturated carbocycles. The summed E-state index contributed by atoms with van der Waals surface area (Å²) in [7, 11) is 6.97. The molecule has 0 spiro atoms. The van der Waals surface area contributed by atoms with Gasteiger partial charge in [-0.2, -0.15) is 0 Å². The Hall–Kier alpha value is -2.53. The van der Waals surface area contributed by atoms with Gasteiger partial charge in [0.2, 0.25) is 5.91 Å². The normalized spacial score (nSPS) is 11.9. The fraction of sp³-hybridized carbons (Fsp3) is 0.350. The molecule has 0 heterocycles. The van der Waals surface area contributed by atoms with Gasteiger partial charge in [0, 0.05) is 24.8 Å². The van der Waals surface area contributed by atoms with Crippen LogP contribution in [0.4, 0.5) is 5.69 Å². The number of ether oxygens (including phenoxy) is 2. The zero-order valence-electron chi connectivity index (χ0n) is 15.5. The van der Waals surface area contributed by atoms with E-state index in [9.17, 15) is 4.79 Å². The Kier molecular flexibility index (Phi) is 6.42. The number of rotatable bonds is 7. The van der Waals surface area contributed by atoms with E-state index in [4.69, 9.17) is 9.47 Å². The number of anilines is 1. The van der Waals surface area contributed by atoms with E-state index in [2.05, 4.69) is 0 Å². The van der Waals surface area contributed by atoms with Crippen LogP contribution < -0.4 is 14.4 Å². The molecule has 1 atom stereocenters. The van der Waals surface area contributed by atoms with E-state index in [-0.39, 0.29) is 11.9 Å². The molecule has 1 amide bonds. The number of nitrogens with zero attached hydrogens (tertiary/aromatic N) is 2. The third kappa shape index (κ3) is 4.31. The van der Waals surface area contributed by atoms with E-state index in [1.54, 1.807) is 26.2 Å². The highest BCUT2D eigenvalue weighted by Crippen LogP contribution is 2.31. The van der Waals surface area contributed by atoms with Crippen LogP contribution in [-0.2, 0) is 11.3 Å². The molecule has 0 radical (unpaired) electrons. The topological polar surface area (TPSA) is 42.0 Å². The predicted octanol–water partition coefficient (Wildman–Crippen LogP) is 3.19. The molecule has 0 aliphatic carbocycles. The summed E-state index contributed by atoms with van der Waals surface area (Å²) in [6.45, 7) is 2.49. The second-order valence-corrected chi connectivity index (χ2v) is 5.98. The van der Waals surface area contributed by atoms with Crippen molar-refractivity contribution in [1.29, 1.82) is 0 Å². The number of amides is 1. The standard InChI is InChI=1S/C20H26N2O3/c1-15(20(23)22(3)17-11-7-6-8-12-17)21(2)14-16-10-9-13-18(24-4)19(16)25-5/h6-13,15H,14H2,1-5H3. The van der Waals surface area contributed by atoms with Crippen molar-refractivity contribution in [2.45, 2.75) is 19.5 Å². The first kappa shape index (κ1) is 18.8. The molecule has 0 aromatic heterocycles. The lowest BCUT2D eigenvalue weighted by Gasteiger charge is -2.28. The highest BCUT2D eigenvalue weighted by atomic mass is 16.5. The van der Waals surface area contributed by atoms with Gasteiger partial charge in [-0.3, -0.25) is 9.69 Å². The van der Waals surface area contributed by atoms with Crippen molar-refractivity contribution < 1.29 is 14.3 Å². The molecule has 1 unspecified atom stereocenters. The largest absolute Gasteiger partial charge is 0.493 e. The van der Waals surface area contributed by atoms with E-state index in [0.717, 1.165) is 11.3 Å². The van der Waals surface area contributed by atoms with Gasteiger partial charge in [-0.25, -0.2) is 0 Å². The molecular formula is C20H26N2O3. The van der Waals surface area contributed by atoms with E-state index in [0.29, 0.717) is 18.0 Å². The molecule has 0 N–H and O–H groups in total. The van der Waals surface area contributed by atoms with Crippen LogP contribution in [-0.4, -0.2) is 45.2 Å². The summed E-state index contributed by atoms with van der Waals surface area (Å²) in [6, 6.07) is 15.1. The number of carbonyl (C=O) groups is 1. The third-order valence-electron chi connectivity index (χ3n) is 4.40. The average molecular weight is 342 g/mol. The molecule has 2 rings (SSSR count). The first-order chi connectivity index (χ1) is 12.0. The molecule has 0 saturated heterocycles. The predicted molar refractivity (Wildman–Crippen MR) is 100 cm³/mol. The van der Waals surface area contributed by atoms with Crippen LogP contribution in [0.1, 0.15) is 12.5 Å². The zero-order chi connectivity index (χ0) is 18.4. The van der Waals surface area contributed by atoms with Crippen LogP contribution in [0.15, 0.2) is 48.5 Å². The van der Waals surface area contributed by atoms with Gasteiger partial charge in [0.05, 0.1) is 20.3 Å². The average Bonchev–Trinajstić information content (AvgIpc) is 2.66. The van der Waals surface area contributed by atoms with Crippen molar-refractivity contribution >= 4 is 11.6 Å². The van der Waals surface area contributed by atoms with Crippen molar-refractivity contribution in [1.82, 2.24) is 4.90 Å². The fourth-order valence-electron chi connectivity index (χ4n) is 2.73. The molecular weight excluding hydrogens is 316 g/mol. The Balaban J connectivity index is 2.12. The first-order valence-electron chi connectivity index (χ1n) is 8.22. The van der Waals surface area contributed by atoms with Gasteiger partial charge in [0.15, 0.2) is 11.5 Å². The summed E-state index contributed by atoms with van der Waals surface area (Å²) < 4.78 is 10.8. The SMILES string of the molecule is COc1cccc(CN(C)C(C)C(=O)N(C)c2ccccc2)c1OC. The maximum Gasteiger partial charge on any atom is 0.243 e. The van der Waals surface area contributed by atoms with Crippen molar-refractivity contribution in [3.8, 4) is 11.5 Å². The Labute approximate surface area is 149 Å². The number of hydrogen-bond donors (Lipinski definition) is 0. The molecule has 134 valence electrons.